The molecule has 2 heterocycles. The van der Waals surface area contributed by atoms with Crippen LogP contribution >= 0.6 is 0 Å². The first-order valence-corrected chi connectivity index (χ1v) is 7.42. The molecule has 5 heteroatoms. The Morgan fingerprint density at radius 1 is 1.48 bits per heavy atom. The number of aryl methyl sites for hydroxylation is 1. The summed E-state index contributed by atoms with van der Waals surface area (Å²) in [5.74, 6) is 0.106. The predicted octanol–water partition coefficient (Wildman–Crippen LogP) is 1.86. The van der Waals surface area contributed by atoms with Gasteiger partial charge in [-0.2, -0.15) is 5.10 Å². The molecule has 2 rings (SSSR count). The quantitative estimate of drug-likeness (QED) is 0.831. The van der Waals surface area contributed by atoms with Crippen LogP contribution in [0.3, 0.4) is 0 Å². The molecule has 0 radical (unpaired) electrons. The van der Waals surface area contributed by atoms with E-state index in [2.05, 4.69) is 30.0 Å². The van der Waals surface area contributed by atoms with Crippen LogP contribution in [0, 0.1) is 6.92 Å². The van der Waals surface area contributed by atoms with Crippen molar-refractivity contribution in [2.24, 2.45) is 5.10 Å². The van der Waals surface area contributed by atoms with Crippen LogP contribution in [0.4, 0.5) is 0 Å². The van der Waals surface area contributed by atoms with Gasteiger partial charge in [0.25, 0.3) is 0 Å². The predicted molar refractivity (Wildman–Crippen MR) is 84.2 cm³/mol. The van der Waals surface area contributed by atoms with E-state index in [1.54, 1.807) is 11.1 Å². The fraction of sp³-hybridized carbons (Fsp3) is 0.562. The molecule has 5 nitrogen and oxygen atoms in total. The lowest BCUT2D eigenvalue weighted by Crippen LogP contribution is -2.41. The van der Waals surface area contributed by atoms with Crippen molar-refractivity contribution in [1.82, 2.24) is 14.9 Å². The van der Waals surface area contributed by atoms with Gasteiger partial charge in [-0.15, -0.1) is 0 Å². The zero-order valence-corrected chi connectivity index (χ0v) is 13.3. The molecule has 0 unspecified atom stereocenters. The van der Waals surface area contributed by atoms with Crippen LogP contribution in [0.1, 0.15) is 31.5 Å². The second-order valence-electron chi connectivity index (χ2n) is 5.80. The zero-order valence-electron chi connectivity index (χ0n) is 13.3. The molecule has 0 spiro atoms. The van der Waals surface area contributed by atoms with E-state index in [4.69, 9.17) is 0 Å². The maximum Gasteiger partial charge on any atom is 0.243 e. The molecule has 1 aromatic rings. The molecule has 0 aliphatic carbocycles. The molecule has 0 fully saturated rings. The SMILES string of the molecule is CC1=NN(CC(=O)N(C)[C@@H](C)Cc2ncccc2C)CC1. The molecule has 1 atom stereocenters. The van der Waals surface area contributed by atoms with Gasteiger partial charge in [0, 0.05) is 50.1 Å². The van der Waals surface area contributed by atoms with E-state index in [0.717, 1.165) is 30.8 Å². The lowest BCUT2D eigenvalue weighted by Gasteiger charge is -2.27. The Labute approximate surface area is 126 Å². The first-order valence-electron chi connectivity index (χ1n) is 7.42. The van der Waals surface area contributed by atoms with Gasteiger partial charge in [0.15, 0.2) is 0 Å². The molecule has 1 amide bonds. The molecule has 0 saturated heterocycles. The van der Waals surface area contributed by atoms with Crippen LogP contribution in [0.2, 0.25) is 0 Å². The van der Waals surface area contributed by atoms with Crippen molar-refractivity contribution in [3.8, 4) is 0 Å². The van der Waals surface area contributed by atoms with E-state index in [9.17, 15) is 4.79 Å². The number of carbonyl (C=O) groups is 1. The number of pyridine rings is 1. The Kier molecular flexibility index (Phi) is 4.94. The summed E-state index contributed by atoms with van der Waals surface area (Å²) in [5, 5.41) is 6.21. The highest BCUT2D eigenvalue weighted by atomic mass is 16.2. The van der Waals surface area contributed by atoms with E-state index in [-0.39, 0.29) is 11.9 Å². The van der Waals surface area contributed by atoms with Gasteiger partial charge in [-0.25, -0.2) is 0 Å². The Morgan fingerprint density at radius 2 is 2.24 bits per heavy atom. The van der Waals surface area contributed by atoms with Gasteiger partial charge in [0.05, 0.1) is 0 Å². The number of hydrogen-bond acceptors (Lipinski definition) is 4. The molecular weight excluding hydrogens is 264 g/mol. The Bertz CT molecular complexity index is 541. The topological polar surface area (TPSA) is 48.8 Å². The molecule has 1 aromatic heterocycles. The molecule has 0 saturated carbocycles. The lowest BCUT2D eigenvalue weighted by molar-refractivity contribution is -0.132. The van der Waals surface area contributed by atoms with Crippen molar-refractivity contribution in [3.05, 3.63) is 29.6 Å². The highest BCUT2D eigenvalue weighted by Crippen LogP contribution is 2.11. The van der Waals surface area contributed by atoms with E-state index >= 15 is 0 Å². The molecule has 1 aliphatic heterocycles. The summed E-state index contributed by atoms with van der Waals surface area (Å²) in [6, 6.07) is 4.11. The normalized spacial score (nSPS) is 15.8. The van der Waals surface area contributed by atoms with Gasteiger partial charge in [-0.05, 0) is 32.4 Å². The van der Waals surface area contributed by atoms with E-state index in [1.165, 1.54) is 5.56 Å². The number of hydrogen-bond donors (Lipinski definition) is 0. The van der Waals surface area contributed by atoms with E-state index < -0.39 is 0 Å². The van der Waals surface area contributed by atoms with Crippen molar-refractivity contribution in [2.75, 3.05) is 20.1 Å². The molecule has 21 heavy (non-hydrogen) atoms. The van der Waals surface area contributed by atoms with E-state index in [0.29, 0.717) is 6.54 Å². The second kappa shape index (κ2) is 6.70. The van der Waals surface area contributed by atoms with Crippen LogP contribution in [-0.2, 0) is 11.2 Å². The van der Waals surface area contributed by atoms with Gasteiger partial charge in [0.2, 0.25) is 5.91 Å². The number of likely N-dealkylation sites (N-methyl/N-ethyl adjacent to an activating group) is 1. The zero-order chi connectivity index (χ0) is 15.4. The highest BCUT2D eigenvalue weighted by molar-refractivity contribution is 5.84. The number of amides is 1. The number of aromatic nitrogens is 1. The Balaban J connectivity index is 1.91. The highest BCUT2D eigenvalue weighted by Gasteiger charge is 2.21. The van der Waals surface area contributed by atoms with Crippen molar-refractivity contribution >= 4 is 11.6 Å². The molecule has 0 N–H and O–H groups in total. The maximum atomic E-state index is 12.3. The first kappa shape index (κ1) is 15.5. The summed E-state index contributed by atoms with van der Waals surface area (Å²) in [7, 11) is 1.86. The molecule has 0 bridgehead atoms. The summed E-state index contributed by atoms with van der Waals surface area (Å²) < 4.78 is 0. The van der Waals surface area contributed by atoms with Gasteiger partial charge >= 0.3 is 0 Å². The third-order valence-electron chi connectivity index (χ3n) is 4.02. The van der Waals surface area contributed by atoms with Gasteiger partial charge in [0.1, 0.15) is 6.54 Å². The summed E-state index contributed by atoms with van der Waals surface area (Å²) in [5.41, 5.74) is 3.33. The summed E-state index contributed by atoms with van der Waals surface area (Å²) in [4.78, 5) is 18.5. The van der Waals surface area contributed by atoms with E-state index in [1.807, 2.05) is 25.0 Å². The summed E-state index contributed by atoms with van der Waals surface area (Å²) >= 11 is 0. The molecular formula is C16H24N4O. The monoisotopic (exact) mass is 288 g/mol. The Morgan fingerprint density at radius 3 is 2.86 bits per heavy atom. The average molecular weight is 288 g/mol. The largest absolute Gasteiger partial charge is 0.341 e. The van der Waals surface area contributed by atoms with Crippen LogP contribution in [-0.4, -0.2) is 52.7 Å². The fourth-order valence-electron chi connectivity index (χ4n) is 2.41. The van der Waals surface area contributed by atoms with Crippen molar-refractivity contribution < 1.29 is 4.79 Å². The lowest BCUT2D eigenvalue weighted by atomic mass is 10.1. The second-order valence-corrected chi connectivity index (χ2v) is 5.80. The fourth-order valence-corrected chi connectivity index (χ4v) is 2.41. The van der Waals surface area contributed by atoms with Crippen LogP contribution in [0.25, 0.3) is 0 Å². The smallest absolute Gasteiger partial charge is 0.243 e. The standard InChI is InChI=1S/C16H24N4O/c1-12-6-5-8-17-15(12)10-14(3)19(4)16(21)11-20-9-7-13(2)18-20/h5-6,8,14H,7,9-11H2,1-4H3/t14-/m0/s1. The van der Waals surface area contributed by atoms with Crippen molar-refractivity contribution in [2.45, 2.75) is 39.7 Å². The third kappa shape index (κ3) is 4.03. The van der Waals surface area contributed by atoms with Crippen LogP contribution in [0.5, 0.6) is 0 Å². The summed E-state index contributed by atoms with van der Waals surface area (Å²) in [6.07, 6.45) is 3.54. The minimum atomic E-state index is 0.106. The average Bonchev–Trinajstić information content (AvgIpc) is 2.85. The van der Waals surface area contributed by atoms with Crippen LogP contribution in [0.15, 0.2) is 23.4 Å². The van der Waals surface area contributed by atoms with Gasteiger partial charge in [-0.1, -0.05) is 6.07 Å². The first-order chi connectivity index (χ1) is 9.97. The minimum absolute atomic E-state index is 0.106. The van der Waals surface area contributed by atoms with Gasteiger partial charge in [-0.3, -0.25) is 14.8 Å². The number of rotatable bonds is 5. The van der Waals surface area contributed by atoms with Crippen molar-refractivity contribution in [3.63, 3.8) is 0 Å². The Hall–Kier alpha value is -1.91. The summed E-state index contributed by atoms with van der Waals surface area (Å²) in [6.45, 7) is 7.32. The van der Waals surface area contributed by atoms with Gasteiger partial charge < -0.3 is 4.90 Å². The van der Waals surface area contributed by atoms with Crippen molar-refractivity contribution in [1.29, 1.82) is 0 Å². The molecule has 1 aliphatic rings. The third-order valence-corrected chi connectivity index (χ3v) is 4.02. The number of nitrogens with zero attached hydrogens (tertiary/aromatic N) is 4. The maximum absolute atomic E-state index is 12.3. The molecule has 0 aromatic carbocycles. The minimum Gasteiger partial charge on any atom is -0.341 e. The molecule has 114 valence electrons. The number of carbonyl (C=O) groups excluding carboxylic acids is 1. The number of hydrazone groups is 1. The van der Waals surface area contributed by atoms with Crippen LogP contribution < -0.4 is 0 Å².